The number of nitro groups is 1. The van der Waals surface area contributed by atoms with E-state index >= 15 is 0 Å². The summed E-state index contributed by atoms with van der Waals surface area (Å²) in [7, 11) is 1.73. The van der Waals surface area contributed by atoms with Crippen molar-refractivity contribution < 1.29 is 14.8 Å². The first-order valence-electron chi connectivity index (χ1n) is 7.20. The molecule has 0 aliphatic heterocycles. The predicted octanol–water partition coefficient (Wildman–Crippen LogP) is 3.82. The number of aromatic hydroxyl groups is 1. The lowest BCUT2D eigenvalue weighted by atomic mass is 10.2. The zero-order valence-electron chi connectivity index (χ0n) is 13.3. The largest absolute Gasteiger partial charge is 0.507 e. The summed E-state index contributed by atoms with van der Waals surface area (Å²) in [4.78, 5) is 22.1. The fourth-order valence-corrected chi connectivity index (χ4v) is 3.48. The normalized spacial score (nSPS) is 10.7. The number of rotatable bonds is 5. The van der Waals surface area contributed by atoms with Crippen LogP contribution in [0.1, 0.15) is 10.4 Å². The maximum atomic E-state index is 11.3. The second kappa shape index (κ2) is 7.26. The molecule has 3 rings (SSSR count). The molecule has 1 N–H and O–H groups in total. The maximum Gasteiger partial charge on any atom is 0.270 e. The molecular formula is C16H11BrN4O4S. The molecule has 26 heavy (non-hydrogen) atoms. The van der Waals surface area contributed by atoms with E-state index in [0.29, 0.717) is 27.7 Å². The SMILES string of the molecule is Cn1c(Sc2ccc([N+](=O)[O-])cc2C=O)nnc1-c1cc(Br)ccc1O. The summed E-state index contributed by atoms with van der Waals surface area (Å²) >= 11 is 4.50. The van der Waals surface area contributed by atoms with Crippen LogP contribution in [0.25, 0.3) is 11.4 Å². The molecule has 10 heteroatoms. The minimum Gasteiger partial charge on any atom is -0.507 e. The fourth-order valence-electron chi connectivity index (χ4n) is 2.26. The van der Waals surface area contributed by atoms with E-state index in [1.807, 2.05) is 0 Å². The number of halogens is 1. The van der Waals surface area contributed by atoms with Crippen LogP contribution in [0.15, 0.2) is 50.9 Å². The third-order valence-corrected chi connectivity index (χ3v) is 5.19. The smallest absolute Gasteiger partial charge is 0.270 e. The molecule has 0 fully saturated rings. The number of non-ortho nitro benzene ring substituents is 1. The average molecular weight is 435 g/mol. The quantitative estimate of drug-likeness (QED) is 0.368. The molecule has 0 atom stereocenters. The summed E-state index contributed by atoms with van der Waals surface area (Å²) in [5, 5.41) is 29.6. The van der Waals surface area contributed by atoms with Gasteiger partial charge in [0, 0.05) is 34.1 Å². The second-order valence-electron chi connectivity index (χ2n) is 5.23. The molecule has 1 aromatic heterocycles. The van der Waals surface area contributed by atoms with Crippen molar-refractivity contribution in [2.24, 2.45) is 7.05 Å². The van der Waals surface area contributed by atoms with Crippen LogP contribution in [-0.4, -0.2) is 31.1 Å². The Morgan fingerprint density at radius 3 is 2.73 bits per heavy atom. The molecule has 0 amide bonds. The Morgan fingerprint density at radius 2 is 2.04 bits per heavy atom. The maximum absolute atomic E-state index is 11.3. The minimum atomic E-state index is -0.558. The van der Waals surface area contributed by atoms with Crippen LogP contribution < -0.4 is 0 Å². The highest BCUT2D eigenvalue weighted by molar-refractivity contribution is 9.10. The standard InChI is InChI=1S/C16H11BrN4O4S/c1-20-15(12-7-10(17)2-4-13(12)23)18-19-16(20)26-14-5-3-11(21(24)25)6-9(14)8-22/h2-8,23H,1H3. The Balaban J connectivity index is 1.98. The number of hydrogen-bond donors (Lipinski definition) is 1. The average Bonchev–Trinajstić information content (AvgIpc) is 2.97. The van der Waals surface area contributed by atoms with Gasteiger partial charge in [-0.2, -0.15) is 0 Å². The van der Waals surface area contributed by atoms with Crippen molar-refractivity contribution >= 4 is 39.7 Å². The highest BCUT2D eigenvalue weighted by Crippen LogP contribution is 2.35. The summed E-state index contributed by atoms with van der Waals surface area (Å²) in [6.45, 7) is 0. The van der Waals surface area contributed by atoms with Crippen molar-refractivity contribution in [2.45, 2.75) is 10.1 Å². The molecule has 0 saturated heterocycles. The summed E-state index contributed by atoms with van der Waals surface area (Å²) in [6, 6.07) is 9.01. The summed E-state index contributed by atoms with van der Waals surface area (Å²) in [5.41, 5.74) is 0.536. The lowest BCUT2D eigenvalue weighted by Crippen LogP contribution is -1.96. The second-order valence-corrected chi connectivity index (χ2v) is 7.15. The number of aromatic nitrogens is 3. The van der Waals surface area contributed by atoms with Gasteiger partial charge < -0.3 is 9.67 Å². The monoisotopic (exact) mass is 434 g/mol. The lowest BCUT2D eigenvalue weighted by molar-refractivity contribution is -0.384. The van der Waals surface area contributed by atoms with Gasteiger partial charge in [-0.25, -0.2) is 0 Å². The first kappa shape index (κ1) is 18.1. The van der Waals surface area contributed by atoms with Gasteiger partial charge in [-0.15, -0.1) is 10.2 Å². The Morgan fingerprint density at radius 1 is 1.27 bits per heavy atom. The first-order valence-corrected chi connectivity index (χ1v) is 8.81. The molecule has 1 heterocycles. The van der Waals surface area contributed by atoms with Crippen LogP contribution in [0.4, 0.5) is 5.69 Å². The van der Waals surface area contributed by atoms with Gasteiger partial charge >= 0.3 is 0 Å². The Kier molecular flexibility index (Phi) is 5.05. The summed E-state index contributed by atoms with van der Waals surface area (Å²) in [5.74, 6) is 0.505. The van der Waals surface area contributed by atoms with Gasteiger partial charge in [0.15, 0.2) is 17.3 Å². The minimum absolute atomic E-state index is 0.0594. The molecule has 8 nitrogen and oxygen atoms in total. The van der Waals surface area contributed by atoms with Crippen molar-refractivity contribution in [3.8, 4) is 17.1 Å². The van der Waals surface area contributed by atoms with Crippen LogP contribution in [-0.2, 0) is 7.05 Å². The molecule has 0 aliphatic rings. The van der Waals surface area contributed by atoms with Crippen LogP contribution in [0, 0.1) is 10.1 Å². The van der Waals surface area contributed by atoms with Gasteiger partial charge in [-0.05, 0) is 36.0 Å². The van der Waals surface area contributed by atoms with E-state index in [0.717, 1.165) is 16.2 Å². The number of carbonyl (C=O) groups is 1. The van der Waals surface area contributed by atoms with E-state index in [4.69, 9.17) is 0 Å². The van der Waals surface area contributed by atoms with E-state index in [2.05, 4.69) is 26.1 Å². The molecule has 0 radical (unpaired) electrons. The first-order chi connectivity index (χ1) is 12.4. The van der Waals surface area contributed by atoms with Crippen LogP contribution in [0.3, 0.4) is 0 Å². The highest BCUT2D eigenvalue weighted by Gasteiger charge is 2.18. The van der Waals surface area contributed by atoms with Crippen LogP contribution >= 0.6 is 27.7 Å². The fraction of sp³-hybridized carbons (Fsp3) is 0.0625. The third kappa shape index (κ3) is 3.46. The van der Waals surface area contributed by atoms with E-state index in [1.165, 1.54) is 18.2 Å². The van der Waals surface area contributed by atoms with Gasteiger partial charge in [-0.1, -0.05) is 15.9 Å². The van der Waals surface area contributed by atoms with E-state index < -0.39 is 4.92 Å². The lowest BCUT2D eigenvalue weighted by Gasteiger charge is -2.07. The van der Waals surface area contributed by atoms with E-state index in [-0.39, 0.29) is 17.0 Å². The number of nitro benzene ring substituents is 1. The van der Waals surface area contributed by atoms with Gasteiger partial charge in [0.05, 0.1) is 10.5 Å². The Labute approximate surface area is 160 Å². The Bertz CT molecular complexity index is 1020. The highest BCUT2D eigenvalue weighted by atomic mass is 79.9. The van der Waals surface area contributed by atoms with Gasteiger partial charge in [0.2, 0.25) is 0 Å². The molecule has 0 saturated carbocycles. The molecule has 0 unspecified atom stereocenters. The van der Waals surface area contributed by atoms with Crippen molar-refractivity contribution in [3.05, 3.63) is 56.5 Å². The number of aldehydes is 1. The third-order valence-electron chi connectivity index (χ3n) is 3.57. The number of nitrogens with zero attached hydrogens (tertiary/aromatic N) is 4. The number of phenolic OH excluding ortho intramolecular Hbond substituents is 1. The number of phenols is 1. The number of benzene rings is 2. The molecule has 0 bridgehead atoms. The predicted molar refractivity (Wildman–Crippen MR) is 98.4 cm³/mol. The zero-order chi connectivity index (χ0) is 18.8. The van der Waals surface area contributed by atoms with Crippen molar-refractivity contribution in [1.82, 2.24) is 14.8 Å². The van der Waals surface area contributed by atoms with Crippen LogP contribution in [0.5, 0.6) is 5.75 Å². The molecule has 2 aromatic carbocycles. The zero-order valence-corrected chi connectivity index (χ0v) is 15.7. The van der Waals surface area contributed by atoms with Gasteiger partial charge in [0.1, 0.15) is 5.75 Å². The number of hydrogen-bond acceptors (Lipinski definition) is 7. The molecule has 0 aliphatic carbocycles. The van der Waals surface area contributed by atoms with Crippen molar-refractivity contribution in [1.29, 1.82) is 0 Å². The van der Waals surface area contributed by atoms with Crippen molar-refractivity contribution in [3.63, 3.8) is 0 Å². The molecular weight excluding hydrogens is 424 g/mol. The topological polar surface area (TPSA) is 111 Å². The molecule has 0 spiro atoms. The van der Waals surface area contributed by atoms with Crippen LogP contribution in [0.2, 0.25) is 0 Å². The van der Waals surface area contributed by atoms with Gasteiger partial charge in [-0.3, -0.25) is 14.9 Å². The molecule has 3 aromatic rings. The summed E-state index contributed by atoms with van der Waals surface area (Å²) < 4.78 is 2.45. The summed E-state index contributed by atoms with van der Waals surface area (Å²) in [6.07, 6.45) is 0.562. The van der Waals surface area contributed by atoms with Crippen molar-refractivity contribution in [2.75, 3.05) is 0 Å². The van der Waals surface area contributed by atoms with Gasteiger partial charge in [0.25, 0.3) is 5.69 Å². The van der Waals surface area contributed by atoms with E-state index in [9.17, 15) is 20.0 Å². The number of carbonyl (C=O) groups excluding carboxylic acids is 1. The van der Waals surface area contributed by atoms with E-state index in [1.54, 1.807) is 29.8 Å². The molecule has 132 valence electrons. The Hall–Kier alpha value is -2.72.